The van der Waals surface area contributed by atoms with Gasteiger partial charge in [-0.15, -0.1) is 0 Å². The van der Waals surface area contributed by atoms with Crippen LogP contribution in [0.5, 0.6) is 17.2 Å². The van der Waals surface area contributed by atoms with Crippen LogP contribution in [0.15, 0.2) is 103 Å². The molecular weight excluding hydrogens is 728 g/mol. The van der Waals surface area contributed by atoms with Gasteiger partial charge in [0.15, 0.2) is 0 Å². The largest absolute Gasteiger partial charge is 0.508 e. The molecule has 9 N–H and O–H groups in total. The predicted octanol–water partition coefficient (Wildman–Crippen LogP) is 2.53. The summed E-state index contributed by atoms with van der Waals surface area (Å²) >= 11 is 0. The van der Waals surface area contributed by atoms with Gasteiger partial charge in [-0.3, -0.25) is 19.2 Å². The van der Waals surface area contributed by atoms with Crippen molar-refractivity contribution in [1.29, 1.82) is 0 Å². The normalized spacial score (nSPS) is 12.9. The summed E-state index contributed by atoms with van der Waals surface area (Å²) in [5.41, 5.74) is 2.07. The molecule has 4 rings (SSSR count). The first-order valence-corrected chi connectivity index (χ1v) is 17.4. The van der Waals surface area contributed by atoms with E-state index in [0.717, 1.165) is 0 Å². The third kappa shape index (κ3) is 13.7. The molecule has 0 saturated carbocycles. The number of carbonyl (C=O) groups excluding carboxylic acids is 4. The number of hydrogen-bond acceptors (Lipinski definition) is 10. The number of carboxylic acid groups (broad SMARTS) is 2. The first-order valence-electron chi connectivity index (χ1n) is 17.4. The van der Waals surface area contributed by atoms with Gasteiger partial charge in [-0.25, -0.2) is 9.59 Å². The van der Waals surface area contributed by atoms with Crippen LogP contribution in [-0.2, 0) is 54.6 Å². The number of phenolic OH excluding ortho intramolecular Hbond substituents is 3. The van der Waals surface area contributed by atoms with E-state index in [2.05, 4.69) is 21.3 Å². The van der Waals surface area contributed by atoms with E-state index in [-0.39, 0.29) is 49.5 Å². The topological polar surface area (TPSA) is 261 Å². The van der Waals surface area contributed by atoms with Gasteiger partial charge in [0.25, 0.3) is 0 Å². The van der Waals surface area contributed by atoms with Crippen molar-refractivity contribution in [1.82, 2.24) is 21.3 Å². The van der Waals surface area contributed by atoms with Crippen LogP contribution in [0.4, 0.5) is 4.79 Å². The monoisotopic (exact) mass is 770 g/mol. The van der Waals surface area contributed by atoms with Crippen molar-refractivity contribution in [2.75, 3.05) is 0 Å². The molecule has 294 valence electrons. The summed E-state index contributed by atoms with van der Waals surface area (Å²) in [4.78, 5) is 78.0. The minimum Gasteiger partial charge on any atom is -0.508 e. The molecule has 56 heavy (non-hydrogen) atoms. The lowest BCUT2D eigenvalue weighted by molar-refractivity contribution is -0.142. The summed E-state index contributed by atoms with van der Waals surface area (Å²) in [6.45, 7) is -0.145. The van der Waals surface area contributed by atoms with Crippen molar-refractivity contribution in [3.63, 3.8) is 0 Å². The van der Waals surface area contributed by atoms with E-state index in [1.54, 1.807) is 30.3 Å². The number of carbonyl (C=O) groups is 6. The third-order valence-electron chi connectivity index (χ3n) is 8.48. The number of alkyl carbamates (subject to hydrolysis) is 1. The highest BCUT2D eigenvalue weighted by Crippen LogP contribution is 2.16. The van der Waals surface area contributed by atoms with Crippen LogP contribution < -0.4 is 21.3 Å². The van der Waals surface area contributed by atoms with Gasteiger partial charge in [-0.05, 0) is 65.1 Å². The lowest BCUT2D eigenvalue weighted by Gasteiger charge is -2.26. The lowest BCUT2D eigenvalue weighted by Crippen LogP contribution is -2.59. The van der Waals surface area contributed by atoms with Gasteiger partial charge < -0.3 is 51.5 Å². The highest BCUT2D eigenvalue weighted by atomic mass is 16.5. The first kappa shape index (κ1) is 41.7. The quantitative estimate of drug-likeness (QED) is 0.0667. The van der Waals surface area contributed by atoms with Gasteiger partial charge >= 0.3 is 18.0 Å². The van der Waals surface area contributed by atoms with Gasteiger partial charge in [0.05, 0.1) is 0 Å². The van der Waals surface area contributed by atoms with Crippen LogP contribution in [0, 0.1) is 0 Å². The standard InChI is InChI=1S/C40H42N4O12/c45-28-12-6-24(7-13-28)20-32(41-36(50)31(18-19-35(48)49)44-40(55)56-23-27-4-2-1-3-5-27)37(51)42-33(21-25-8-14-29(46)15-9-25)38(52)43-34(39(53)54)22-26-10-16-30(47)17-11-26/h1-17,31-34,45-47H,18-23H2,(H,41,50)(H,42,51)(H,43,52)(H,44,55)(H,48,49)(H,53,54)/t31-,32-,33-,34-/m0/s1. The van der Waals surface area contributed by atoms with E-state index in [9.17, 15) is 54.3 Å². The second kappa shape index (κ2) is 20.4. The molecule has 0 saturated heterocycles. The lowest BCUT2D eigenvalue weighted by atomic mass is 10.0. The molecule has 4 aromatic carbocycles. The van der Waals surface area contributed by atoms with E-state index in [1.165, 1.54) is 72.8 Å². The summed E-state index contributed by atoms with van der Waals surface area (Å²) in [5.74, 6) is -5.55. The number of carboxylic acids is 2. The fourth-order valence-corrected chi connectivity index (χ4v) is 5.48. The molecular formula is C40H42N4O12. The molecule has 0 fully saturated rings. The Bertz CT molecular complexity index is 1960. The van der Waals surface area contributed by atoms with Crippen molar-refractivity contribution in [2.45, 2.75) is 62.9 Å². The summed E-state index contributed by atoms with van der Waals surface area (Å²) in [6, 6.07) is 20.0. The average Bonchev–Trinajstić information content (AvgIpc) is 3.17. The Morgan fingerprint density at radius 2 is 0.875 bits per heavy atom. The van der Waals surface area contributed by atoms with Crippen LogP contribution in [-0.4, -0.2) is 85.5 Å². The van der Waals surface area contributed by atoms with Crippen LogP contribution in [0.3, 0.4) is 0 Å². The fraction of sp³-hybridized carbons (Fsp3) is 0.250. The minimum atomic E-state index is -1.48. The molecule has 4 amide bonds. The third-order valence-corrected chi connectivity index (χ3v) is 8.48. The van der Waals surface area contributed by atoms with E-state index in [0.29, 0.717) is 22.3 Å². The van der Waals surface area contributed by atoms with E-state index in [1.807, 2.05) is 0 Å². The molecule has 0 unspecified atom stereocenters. The Morgan fingerprint density at radius 3 is 1.29 bits per heavy atom. The molecule has 0 heterocycles. The number of phenols is 3. The van der Waals surface area contributed by atoms with Gasteiger partial charge in [-0.1, -0.05) is 66.7 Å². The summed E-state index contributed by atoms with van der Waals surface area (Å²) < 4.78 is 5.22. The number of amides is 4. The first-order chi connectivity index (χ1) is 26.7. The van der Waals surface area contributed by atoms with E-state index < -0.39 is 66.3 Å². The number of aliphatic carboxylic acids is 2. The van der Waals surface area contributed by atoms with Crippen molar-refractivity contribution >= 4 is 35.8 Å². The van der Waals surface area contributed by atoms with Crippen LogP contribution in [0.1, 0.15) is 35.1 Å². The number of benzene rings is 4. The second-order valence-corrected chi connectivity index (χ2v) is 12.8. The number of hydrogen-bond donors (Lipinski definition) is 9. The Morgan fingerprint density at radius 1 is 0.482 bits per heavy atom. The molecule has 0 aliphatic heterocycles. The molecule has 0 aliphatic rings. The number of nitrogens with one attached hydrogen (secondary N) is 4. The smallest absolute Gasteiger partial charge is 0.408 e. The molecule has 16 heteroatoms. The van der Waals surface area contributed by atoms with Crippen molar-refractivity contribution in [2.24, 2.45) is 0 Å². The summed E-state index contributed by atoms with van der Waals surface area (Å²) in [6.07, 6.45) is -2.48. The SMILES string of the molecule is O=C(O)CC[C@H](NC(=O)OCc1ccccc1)C(=O)N[C@@H](Cc1ccc(O)cc1)C(=O)N[C@@H](Cc1ccc(O)cc1)C(=O)N[C@@H](Cc1ccc(O)cc1)C(=O)O. The van der Waals surface area contributed by atoms with Crippen molar-refractivity contribution < 1.29 is 59.0 Å². The molecule has 4 aromatic rings. The zero-order valence-corrected chi connectivity index (χ0v) is 30.0. The van der Waals surface area contributed by atoms with Crippen LogP contribution >= 0.6 is 0 Å². The molecule has 0 radical (unpaired) electrons. The summed E-state index contributed by atoms with van der Waals surface area (Å²) in [5, 5.41) is 58.4. The maximum Gasteiger partial charge on any atom is 0.408 e. The number of aromatic hydroxyl groups is 3. The highest BCUT2D eigenvalue weighted by molar-refractivity contribution is 5.95. The molecule has 4 atom stereocenters. The average molecular weight is 771 g/mol. The second-order valence-electron chi connectivity index (χ2n) is 12.8. The zero-order chi connectivity index (χ0) is 40.6. The van der Waals surface area contributed by atoms with Gasteiger partial charge in [0.2, 0.25) is 17.7 Å². The Labute approximate surface area is 321 Å². The minimum absolute atomic E-state index is 0.0396. The highest BCUT2D eigenvalue weighted by Gasteiger charge is 2.32. The summed E-state index contributed by atoms with van der Waals surface area (Å²) in [7, 11) is 0. The zero-order valence-electron chi connectivity index (χ0n) is 30.0. The van der Waals surface area contributed by atoms with Gasteiger partial charge in [-0.2, -0.15) is 0 Å². The maximum atomic E-state index is 14.1. The molecule has 0 spiro atoms. The van der Waals surface area contributed by atoms with Crippen molar-refractivity contribution in [3.8, 4) is 17.2 Å². The Balaban J connectivity index is 1.58. The predicted molar refractivity (Wildman–Crippen MR) is 199 cm³/mol. The van der Waals surface area contributed by atoms with Crippen LogP contribution in [0.2, 0.25) is 0 Å². The number of rotatable bonds is 19. The van der Waals surface area contributed by atoms with E-state index >= 15 is 0 Å². The fourth-order valence-electron chi connectivity index (χ4n) is 5.48. The molecule has 0 aromatic heterocycles. The molecule has 0 bridgehead atoms. The van der Waals surface area contributed by atoms with Crippen LogP contribution in [0.25, 0.3) is 0 Å². The Hall–Kier alpha value is -7.10. The van der Waals surface area contributed by atoms with E-state index in [4.69, 9.17) is 4.74 Å². The number of ether oxygens (including phenoxy) is 1. The molecule has 16 nitrogen and oxygen atoms in total. The van der Waals surface area contributed by atoms with Gasteiger partial charge in [0.1, 0.15) is 48.0 Å². The van der Waals surface area contributed by atoms with Crippen molar-refractivity contribution in [3.05, 3.63) is 125 Å². The Kier molecular flexibility index (Phi) is 15.2. The molecule has 0 aliphatic carbocycles. The maximum absolute atomic E-state index is 14.1. The van der Waals surface area contributed by atoms with Gasteiger partial charge in [0, 0.05) is 25.7 Å².